The maximum atomic E-state index is 12.1. The molecule has 0 radical (unpaired) electrons. The second-order valence-electron chi connectivity index (χ2n) is 5.57. The van der Waals surface area contributed by atoms with E-state index in [4.69, 9.17) is 5.26 Å². The zero-order valence-corrected chi connectivity index (χ0v) is 11.7. The smallest absolute Gasteiger partial charge is 0.240 e. The molecule has 4 nitrogen and oxygen atoms in total. The van der Waals surface area contributed by atoms with Crippen molar-refractivity contribution in [3.05, 3.63) is 35.9 Å². The second kappa shape index (κ2) is 6.06. The highest BCUT2D eigenvalue weighted by Crippen LogP contribution is 2.40. The monoisotopic (exact) mass is 272 g/mol. The van der Waals surface area contributed by atoms with Gasteiger partial charge in [-0.1, -0.05) is 30.3 Å². The molecule has 2 N–H and O–H groups in total. The van der Waals surface area contributed by atoms with E-state index in [1.807, 2.05) is 30.3 Å². The summed E-state index contributed by atoms with van der Waals surface area (Å²) in [5.74, 6) is -0.245. The minimum Gasteiger partial charge on any atom is -0.391 e. The molecule has 1 aliphatic carbocycles. The number of nitrogens with zero attached hydrogens (tertiary/aromatic N) is 1. The van der Waals surface area contributed by atoms with Crippen molar-refractivity contribution < 1.29 is 9.90 Å². The first-order valence-corrected chi connectivity index (χ1v) is 7.01. The first-order valence-electron chi connectivity index (χ1n) is 7.01. The van der Waals surface area contributed by atoms with Gasteiger partial charge in [-0.15, -0.1) is 0 Å². The summed E-state index contributed by atoms with van der Waals surface area (Å²) in [4.78, 5) is 12.1. The highest BCUT2D eigenvalue weighted by Gasteiger charge is 2.45. The molecule has 1 saturated carbocycles. The molecule has 1 aromatic rings. The molecule has 2 rings (SSSR count). The van der Waals surface area contributed by atoms with Gasteiger partial charge in [0, 0.05) is 6.42 Å². The van der Waals surface area contributed by atoms with Gasteiger partial charge in [-0.05, 0) is 31.7 Å². The summed E-state index contributed by atoms with van der Waals surface area (Å²) in [6.07, 6.45) is 1.99. The molecule has 1 amide bonds. The highest BCUT2D eigenvalue weighted by atomic mass is 16.3. The van der Waals surface area contributed by atoms with Gasteiger partial charge in [-0.3, -0.25) is 4.79 Å². The van der Waals surface area contributed by atoms with E-state index in [1.165, 1.54) is 0 Å². The Morgan fingerprint density at radius 1 is 1.45 bits per heavy atom. The molecule has 1 fully saturated rings. The third-order valence-electron chi connectivity index (χ3n) is 4.08. The Hall–Kier alpha value is -1.86. The van der Waals surface area contributed by atoms with Crippen LogP contribution >= 0.6 is 0 Å². The Balaban J connectivity index is 1.90. The predicted molar refractivity (Wildman–Crippen MR) is 75.7 cm³/mol. The maximum Gasteiger partial charge on any atom is 0.240 e. The van der Waals surface area contributed by atoms with Gasteiger partial charge in [-0.25, -0.2) is 0 Å². The number of nitrogens with one attached hydrogen (secondary N) is 1. The average Bonchev–Trinajstić information content (AvgIpc) is 2.39. The van der Waals surface area contributed by atoms with Crippen LogP contribution in [0, 0.1) is 16.7 Å². The standard InChI is InChI=1S/C16H20N2O2/c1-12(14(19)10-13-6-3-2-4-7-13)18-15(20)16(11-17)8-5-9-16/h2-4,6-7,12,14,19H,5,8-10H2,1H3,(H,18,20). The van der Waals surface area contributed by atoms with Gasteiger partial charge in [0.2, 0.25) is 5.91 Å². The van der Waals surface area contributed by atoms with E-state index < -0.39 is 11.5 Å². The van der Waals surface area contributed by atoms with Crippen LogP contribution in [-0.2, 0) is 11.2 Å². The van der Waals surface area contributed by atoms with Gasteiger partial charge in [0.15, 0.2) is 0 Å². The first-order chi connectivity index (χ1) is 9.57. The summed E-state index contributed by atoms with van der Waals surface area (Å²) >= 11 is 0. The summed E-state index contributed by atoms with van der Waals surface area (Å²) < 4.78 is 0. The number of nitriles is 1. The summed E-state index contributed by atoms with van der Waals surface area (Å²) in [6.45, 7) is 1.77. The first kappa shape index (κ1) is 14.5. The average molecular weight is 272 g/mol. The molecular formula is C16H20N2O2. The lowest BCUT2D eigenvalue weighted by atomic mass is 9.69. The second-order valence-corrected chi connectivity index (χ2v) is 5.57. The number of carbonyl (C=O) groups is 1. The number of amides is 1. The van der Waals surface area contributed by atoms with Gasteiger partial charge < -0.3 is 10.4 Å². The van der Waals surface area contributed by atoms with Crippen LogP contribution in [0.3, 0.4) is 0 Å². The van der Waals surface area contributed by atoms with Crippen molar-refractivity contribution in [3.8, 4) is 6.07 Å². The van der Waals surface area contributed by atoms with E-state index in [0.29, 0.717) is 19.3 Å². The minimum absolute atomic E-state index is 0.245. The fraction of sp³-hybridized carbons (Fsp3) is 0.500. The molecule has 0 spiro atoms. The van der Waals surface area contributed by atoms with Crippen LogP contribution in [0.2, 0.25) is 0 Å². The normalized spacial score (nSPS) is 19.2. The fourth-order valence-electron chi connectivity index (χ4n) is 2.39. The molecule has 4 heteroatoms. The quantitative estimate of drug-likeness (QED) is 0.858. The summed E-state index contributed by atoms with van der Waals surface area (Å²) in [5, 5.41) is 22.1. The van der Waals surface area contributed by atoms with Gasteiger partial charge in [0.25, 0.3) is 0 Å². The van der Waals surface area contributed by atoms with Crippen LogP contribution in [0.4, 0.5) is 0 Å². The Bertz CT molecular complexity index is 503. The number of hydrogen-bond acceptors (Lipinski definition) is 3. The van der Waals surface area contributed by atoms with E-state index in [2.05, 4.69) is 11.4 Å². The van der Waals surface area contributed by atoms with Crippen LogP contribution in [0.1, 0.15) is 31.7 Å². The Kier molecular flexibility index (Phi) is 4.41. The number of rotatable bonds is 5. The molecule has 1 aromatic carbocycles. The zero-order valence-electron chi connectivity index (χ0n) is 11.7. The maximum absolute atomic E-state index is 12.1. The molecule has 0 aliphatic heterocycles. The Labute approximate surface area is 119 Å². The largest absolute Gasteiger partial charge is 0.391 e. The van der Waals surface area contributed by atoms with Crippen molar-refractivity contribution in [1.82, 2.24) is 5.32 Å². The highest BCUT2D eigenvalue weighted by molar-refractivity contribution is 5.86. The third-order valence-corrected chi connectivity index (χ3v) is 4.08. The summed E-state index contributed by atoms with van der Waals surface area (Å²) in [5.41, 5.74) is 0.167. The lowest BCUT2D eigenvalue weighted by Crippen LogP contribution is -2.51. The van der Waals surface area contributed by atoms with Crippen molar-refractivity contribution in [1.29, 1.82) is 5.26 Å². The summed E-state index contributed by atoms with van der Waals surface area (Å²) in [6, 6.07) is 11.4. The molecule has 106 valence electrons. The predicted octanol–water partition coefficient (Wildman–Crippen LogP) is 1.79. The van der Waals surface area contributed by atoms with Gasteiger partial charge in [0.1, 0.15) is 5.41 Å². The van der Waals surface area contributed by atoms with Crippen LogP contribution in [0.15, 0.2) is 30.3 Å². The van der Waals surface area contributed by atoms with Crippen LogP contribution < -0.4 is 5.32 Å². The van der Waals surface area contributed by atoms with Crippen molar-refractivity contribution in [2.24, 2.45) is 5.41 Å². The topological polar surface area (TPSA) is 73.1 Å². The molecule has 0 saturated heterocycles. The van der Waals surface area contributed by atoms with Gasteiger partial charge >= 0.3 is 0 Å². The van der Waals surface area contributed by atoms with E-state index in [0.717, 1.165) is 12.0 Å². The number of benzene rings is 1. The zero-order chi connectivity index (χ0) is 14.6. The molecule has 2 unspecified atom stereocenters. The van der Waals surface area contributed by atoms with Gasteiger partial charge in [-0.2, -0.15) is 5.26 Å². The number of hydrogen-bond donors (Lipinski definition) is 2. The number of aliphatic hydroxyl groups is 1. The molecule has 0 aromatic heterocycles. The number of carbonyl (C=O) groups excluding carboxylic acids is 1. The minimum atomic E-state index is -0.860. The lowest BCUT2D eigenvalue weighted by molar-refractivity contribution is -0.133. The van der Waals surface area contributed by atoms with Crippen molar-refractivity contribution in [3.63, 3.8) is 0 Å². The van der Waals surface area contributed by atoms with Gasteiger partial charge in [0.05, 0.1) is 18.2 Å². The van der Waals surface area contributed by atoms with Crippen LogP contribution in [0.25, 0.3) is 0 Å². The van der Waals surface area contributed by atoms with E-state index in [9.17, 15) is 9.90 Å². The molecular weight excluding hydrogens is 252 g/mol. The van der Waals surface area contributed by atoms with E-state index in [1.54, 1.807) is 6.92 Å². The van der Waals surface area contributed by atoms with Crippen molar-refractivity contribution in [2.45, 2.75) is 44.8 Å². The molecule has 1 aliphatic rings. The summed E-state index contributed by atoms with van der Waals surface area (Å²) in [7, 11) is 0. The molecule has 20 heavy (non-hydrogen) atoms. The molecule has 0 heterocycles. The van der Waals surface area contributed by atoms with Crippen LogP contribution in [-0.4, -0.2) is 23.2 Å². The van der Waals surface area contributed by atoms with E-state index in [-0.39, 0.29) is 11.9 Å². The Morgan fingerprint density at radius 3 is 2.60 bits per heavy atom. The fourth-order valence-corrected chi connectivity index (χ4v) is 2.39. The Morgan fingerprint density at radius 2 is 2.10 bits per heavy atom. The van der Waals surface area contributed by atoms with Crippen LogP contribution in [0.5, 0.6) is 0 Å². The third kappa shape index (κ3) is 3.00. The van der Waals surface area contributed by atoms with Crippen molar-refractivity contribution >= 4 is 5.91 Å². The lowest BCUT2D eigenvalue weighted by Gasteiger charge is -2.35. The SMILES string of the molecule is CC(NC(=O)C1(C#N)CCC1)C(O)Cc1ccccc1. The number of aliphatic hydroxyl groups excluding tert-OH is 1. The molecule has 0 bridgehead atoms. The van der Waals surface area contributed by atoms with Crippen molar-refractivity contribution in [2.75, 3.05) is 0 Å². The molecule has 2 atom stereocenters. The van der Waals surface area contributed by atoms with E-state index >= 15 is 0 Å².